The lowest BCUT2D eigenvalue weighted by Gasteiger charge is -2.17. The van der Waals surface area contributed by atoms with Gasteiger partial charge >= 0.3 is 5.97 Å². The number of nitrogens with one attached hydrogen (secondary N) is 1. The smallest absolute Gasteiger partial charge is 0.328 e. The molecule has 2 rings (SSSR count). The molecule has 1 amide bonds. The van der Waals surface area contributed by atoms with Gasteiger partial charge in [0.05, 0.1) is 7.11 Å². The molecule has 0 unspecified atom stereocenters. The van der Waals surface area contributed by atoms with E-state index in [9.17, 15) is 18.4 Å². The van der Waals surface area contributed by atoms with Crippen molar-refractivity contribution < 1.29 is 23.1 Å². The molecule has 0 fully saturated rings. The first-order chi connectivity index (χ1) is 11.4. The minimum atomic E-state index is -1.13. The minimum Gasteiger partial charge on any atom is -0.467 e. The van der Waals surface area contributed by atoms with Crippen LogP contribution in [-0.4, -0.2) is 25.0 Å². The van der Waals surface area contributed by atoms with Crippen LogP contribution in [0.25, 0.3) is 0 Å². The van der Waals surface area contributed by atoms with Crippen molar-refractivity contribution in [2.24, 2.45) is 0 Å². The molecule has 0 radical (unpaired) electrons. The summed E-state index contributed by atoms with van der Waals surface area (Å²) < 4.78 is 30.9. The number of amides is 1. The predicted octanol–water partition coefficient (Wildman–Crippen LogP) is 2.79. The Kier molecular flexibility index (Phi) is 5.63. The Labute approximate surface area is 138 Å². The average Bonchev–Trinajstić information content (AvgIpc) is 2.57. The molecule has 0 aliphatic heterocycles. The molecular weight excluding hydrogens is 316 g/mol. The number of methoxy groups -OCH3 is 1. The number of halogens is 2. The summed E-state index contributed by atoms with van der Waals surface area (Å²) in [6.45, 7) is 1.94. The van der Waals surface area contributed by atoms with Gasteiger partial charge < -0.3 is 10.1 Å². The molecule has 0 bridgehead atoms. The molecule has 4 nitrogen and oxygen atoms in total. The zero-order chi connectivity index (χ0) is 17.7. The first kappa shape index (κ1) is 17.6. The molecule has 2 aromatic carbocycles. The maximum atomic E-state index is 13.2. The highest BCUT2D eigenvalue weighted by Crippen LogP contribution is 2.11. The van der Waals surface area contributed by atoms with Gasteiger partial charge in [0, 0.05) is 12.0 Å². The van der Waals surface area contributed by atoms with Crippen molar-refractivity contribution in [2.75, 3.05) is 7.11 Å². The summed E-state index contributed by atoms with van der Waals surface area (Å²) >= 11 is 0. The van der Waals surface area contributed by atoms with Gasteiger partial charge in [-0.25, -0.2) is 13.6 Å². The Hall–Kier alpha value is -2.76. The van der Waals surface area contributed by atoms with Crippen LogP contribution in [0.4, 0.5) is 8.78 Å². The van der Waals surface area contributed by atoms with Gasteiger partial charge in [-0.05, 0) is 30.7 Å². The first-order valence-electron chi connectivity index (χ1n) is 7.30. The van der Waals surface area contributed by atoms with Crippen molar-refractivity contribution in [3.05, 3.63) is 70.8 Å². The van der Waals surface area contributed by atoms with Crippen LogP contribution in [0.5, 0.6) is 0 Å². The molecule has 0 spiro atoms. The zero-order valence-electron chi connectivity index (χ0n) is 13.3. The van der Waals surface area contributed by atoms with Gasteiger partial charge in [-0.1, -0.05) is 29.8 Å². The second-order valence-corrected chi connectivity index (χ2v) is 5.37. The first-order valence-corrected chi connectivity index (χ1v) is 7.30. The molecule has 2 aromatic rings. The lowest BCUT2D eigenvalue weighted by atomic mass is 10.0. The van der Waals surface area contributed by atoms with Gasteiger partial charge in [-0.15, -0.1) is 0 Å². The van der Waals surface area contributed by atoms with Gasteiger partial charge in [-0.3, -0.25) is 4.79 Å². The average molecular weight is 333 g/mol. The van der Waals surface area contributed by atoms with Crippen LogP contribution in [0, 0.1) is 18.6 Å². The number of carbonyl (C=O) groups excluding carboxylic acids is 2. The molecule has 0 aromatic heterocycles. The standard InChI is InChI=1S/C18H17F2NO3/c1-11-3-5-12(6-4-11)9-16(18(23)24-2)21-17(22)13-7-8-14(19)15(20)10-13/h3-8,10,16H,9H2,1-2H3,(H,21,22)/t16-/m0/s1. The number of ether oxygens (including phenoxy) is 1. The molecule has 0 aliphatic carbocycles. The number of benzene rings is 2. The molecule has 0 heterocycles. The molecule has 0 saturated heterocycles. The number of esters is 1. The van der Waals surface area contributed by atoms with Gasteiger partial charge in [0.1, 0.15) is 6.04 Å². The Morgan fingerprint density at radius 3 is 2.33 bits per heavy atom. The summed E-state index contributed by atoms with van der Waals surface area (Å²) in [6, 6.07) is 9.32. The van der Waals surface area contributed by atoms with Crippen molar-refractivity contribution in [3.8, 4) is 0 Å². The predicted molar refractivity (Wildman–Crippen MR) is 84.5 cm³/mol. The second-order valence-electron chi connectivity index (χ2n) is 5.37. The second kappa shape index (κ2) is 7.68. The van der Waals surface area contributed by atoms with E-state index < -0.39 is 29.6 Å². The van der Waals surface area contributed by atoms with Crippen molar-refractivity contribution in [3.63, 3.8) is 0 Å². The Morgan fingerprint density at radius 2 is 1.75 bits per heavy atom. The SMILES string of the molecule is COC(=O)[C@H](Cc1ccc(C)cc1)NC(=O)c1ccc(F)c(F)c1. The van der Waals surface area contributed by atoms with E-state index >= 15 is 0 Å². The van der Waals surface area contributed by atoms with E-state index in [4.69, 9.17) is 4.74 Å². The number of hydrogen-bond acceptors (Lipinski definition) is 3. The fourth-order valence-corrected chi connectivity index (χ4v) is 2.17. The van der Waals surface area contributed by atoms with E-state index in [-0.39, 0.29) is 12.0 Å². The van der Waals surface area contributed by atoms with Crippen LogP contribution in [-0.2, 0) is 16.0 Å². The van der Waals surface area contributed by atoms with Gasteiger partial charge in [0.15, 0.2) is 11.6 Å². The normalized spacial score (nSPS) is 11.7. The van der Waals surface area contributed by atoms with Gasteiger partial charge in [0.25, 0.3) is 5.91 Å². The van der Waals surface area contributed by atoms with Crippen LogP contribution in [0.1, 0.15) is 21.5 Å². The monoisotopic (exact) mass is 333 g/mol. The molecule has 6 heteroatoms. The summed E-state index contributed by atoms with van der Waals surface area (Å²) in [7, 11) is 1.22. The lowest BCUT2D eigenvalue weighted by molar-refractivity contribution is -0.142. The zero-order valence-corrected chi connectivity index (χ0v) is 13.3. The third-order valence-corrected chi connectivity index (χ3v) is 3.53. The fourth-order valence-electron chi connectivity index (χ4n) is 2.17. The quantitative estimate of drug-likeness (QED) is 0.856. The maximum absolute atomic E-state index is 13.2. The molecule has 1 N–H and O–H groups in total. The summed E-state index contributed by atoms with van der Waals surface area (Å²) in [5.41, 5.74) is 1.83. The Morgan fingerprint density at radius 1 is 1.08 bits per heavy atom. The van der Waals surface area contributed by atoms with Crippen LogP contribution in [0.2, 0.25) is 0 Å². The minimum absolute atomic E-state index is 0.0771. The largest absolute Gasteiger partial charge is 0.467 e. The fraction of sp³-hybridized carbons (Fsp3) is 0.222. The molecule has 126 valence electrons. The van der Waals surface area contributed by atoms with Crippen molar-refractivity contribution in [2.45, 2.75) is 19.4 Å². The molecule has 0 saturated carbocycles. The summed E-state index contributed by atoms with van der Waals surface area (Å²) in [6.07, 6.45) is 0.225. The highest BCUT2D eigenvalue weighted by Gasteiger charge is 2.23. The van der Waals surface area contributed by atoms with E-state index in [2.05, 4.69) is 5.32 Å². The molecule has 1 atom stereocenters. The van der Waals surface area contributed by atoms with E-state index in [1.54, 1.807) is 0 Å². The highest BCUT2D eigenvalue weighted by molar-refractivity contribution is 5.96. The molecule has 0 aliphatic rings. The van der Waals surface area contributed by atoms with Crippen molar-refractivity contribution in [1.29, 1.82) is 0 Å². The highest BCUT2D eigenvalue weighted by atomic mass is 19.2. The topological polar surface area (TPSA) is 55.4 Å². The molecule has 24 heavy (non-hydrogen) atoms. The van der Waals surface area contributed by atoms with Crippen LogP contribution >= 0.6 is 0 Å². The van der Waals surface area contributed by atoms with Crippen molar-refractivity contribution >= 4 is 11.9 Å². The Bertz CT molecular complexity index is 744. The van der Waals surface area contributed by atoms with Gasteiger partial charge in [-0.2, -0.15) is 0 Å². The third kappa shape index (κ3) is 4.38. The lowest BCUT2D eigenvalue weighted by Crippen LogP contribution is -2.43. The van der Waals surface area contributed by atoms with E-state index in [1.807, 2.05) is 31.2 Å². The van der Waals surface area contributed by atoms with E-state index in [0.717, 1.165) is 29.3 Å². The Balaban J connectivity index is 2.15. The van der Waals surface area contributed by atoms with Crippen LogP contribution in [0.3, 0.4) is 0 Å². The van der Waals surface area contributed by atoms with Crippen molar-refractivity contribution in [1.82, 2.24) is 5.32 Å². The van der Waals surface area contributed by atoms with E-state index in [1.165, 1.54) is 7.11 Å². The number of rotatable bonds is 5. The summed E-state index contributed by atoms with van der Waals surface area (Å²) in [5, 5.41) is 2.49. The number of aryl methyl sites for hydroxylation is 1. The van der Waals surface area contributed by atoms with Gasteiger partial charge in [0.2, 0.25) is 0 Å². The third-order valence-electron chi connectivity index (χ3n) is 3.53. The van der Waals surface area contributed by atoms with Crippen LogP contribution in [0.15, 0.2) is 42.5 Å². The maximum Gasteiger partial charge on any atom is 0.328 e. The summed E-state index contributed by atoms with van der Waals surface area (Å²) in [4.78, 5) is 24.1. The number of hydrogen-bond donors (Lipinski definition) is 1. The number of carbonyl (C=O) groups is 2. The summed E-state index contributed by atoms with van der Waals surface area (Å²) in [5.74, 6) is -3.48. The van der Waals surface area contributed by atoms with Crippen LogP contribution < -0.4 is 5.32 Å². The molecular formula is C18H17F2NO3. The van der Waals surface area contributed by atoms with E-state index in [0.29, 0.717) is 0 Å².